The van der Waals surface area contributed by atoms with Crippen molar-refractivity contribution in [3.8, 4) is 12.0 Å². The molecule has 0 radical (unpaired) electrons. The van der Waals surface area contributed by atoms with Crippen LogP contribution in [0, 0.1) is 24.1 Å². The smallest absolute Gasteiger partial charge is 0.299 e. The average Bonchev–Trinajstić information content (AvgIpc) is 2.45. The first-order valence-electron chi connectivity index (χ1n) is 6.49. The number of fused-ring (bicyclic) bond motifs is 1. The van der Waals surface area contributed by atoms with Gasteiger partial charge in [0.2, 0.25) is 5.88 Å². The van der Waals surface area contributed by atoms with E-state index in [-0.39, 0.29) is 28.4 Å². The molecule has 2 heterocycles. The number of nitriles is 1. The van der Waals surface area contributed by atoms with Gasteiger partial charge in [0.05, 0.1) is 11.5 Å². The van der Waals surface area contributed by atoms with Gasteiger partial charge < -0.3 is 14.9 Å². The van der Waals surface area contributed by atoms with Crippen LogP contribution in [0.3, 0.4) is 0 Å². The van der Waals surface area contributed by atoms with Crippen LogP contribution in [0.4, 0.5) is 4.39 Å². The fraction of sp³-hybridized carbons (Fsp3) is 0.125. The molecule has 110 valence electrons. The van der Waals surface area contributed by atoms with E-state index in [0.29, 0.717) is 11.3 Å². The maximum atomic E-state index is 13.5. The second-order valence-electron chi connectivity index (χ2n) is 4.90. The van der Waals surface area contributed by atoms with Crippen LogP contribution in [-0.2, 0) is 0 Å². The molecule has 1 aromatic heterocycles. The first-order valence-corrected chi connectivity index (χ1v) is 6.49. The van der Waals surface area contributed by atoms with Gasteiger partial charge in [-0.25, -0.2) is 4.39 Å². The van der Waals surface area contributed by atoms with Gasteiger partial charge in [-0.1, -0.05) is 12.1 Å². The van der Waals surface area contributed by atoms with E-state index in [9.17, 15) is 14.4 Å². The van der Waals surface area contributed by atoms with Crippen molar-refractivity contribution in [3.05, 3.63) is 74.7 Å². The molecule has 1 aromatic carbocycles. The summed E-state index contributed by atoms with van der Waals surface area (Å²) in [6.07, 6.45) is 0. The third-order valence-corrected chi connectivity index (χ3v) is 3.42. The first kappa shape index (κ1) is 13.9. The molecule has 0 amide bonds. The Labute approximate surface area is 125 Å². The zero-order valence-corrected chi connectivity index (χ0v) is 11.6. The summed E-state index contributed by atoms with van der Waals surface area (Å²) in [4.78, 5) is 12.3. The maximum Gasteiger partial charge on any atom is 0.299 e. The van der Waals surface area contributed by atoms with Crippen LogP contribution >= 0.6 is 0 Å². The topological polar surface area (TPSA) is 89.2 Å². The number of allylic oxidation sites excluding steroid dienone is 1. The fourth-order valence-electron chi connectivity index (χ4n) is 2.51. The molecular formula is C16H11FN2O3. The summed E-state index contributed by atoms with van der Waals surface area (Å²) in [5.41, 5.74) is 6.02. The molecule has 6 heteroatoms. The summed E-state index contributed by atoms with van der Waals surface area (Å²) in [6.45, 7) is 1.60. The Balaban J connectivity index is 2.32. The molecule has 22 heavy (non-hydrogen) atoms. The van der Waals surface area contributed by atoms with Crippen molar-refractivity contribution in [2.24, 2.45) is 5.73 Å². The average molecular weight is 298 g/mol. The van der Waals surface area contributed by atoms with Gasteiger partial charge in [0.1, 0.15) is 23.2 Å². The van der Waals surface area contributed by atoms with Crippen LogP contribution in [0.15, 0.2) is 51.0 Å². The molecule has 0 saturated heterocycles. The molecule has 3 rings (SSSR count). The number of halogens is 1. The summed E-state index contributed by atoms with van der Waals surface area (Å²) >= 11 is 0. The third-order valence-electron chi connectivity index (χ3n) is 3.42. The van der Waals surface area contributed by atoms with Gasteiger partial charge >= 0.3 is 0 Å². The third kappa shape index (κ3) is 2.13. The number of nitrogens with two attached hydrogens (primary N) is 1. The lowest BCUT2D eigenvalue weighted by molar-refractivity contribution is 0.275. The number of nitrogens with zero attached hydrogens (tertiary/aromatic N) is 1. The Morgan fingerprint density at radius 2 is 2.14 bits per heavy atom. The first-order chi connectivity index (χ1) is 10.5. The molecular weight excluding hydrogens is 287 g/mol. The number of hydrogen-bond acceptors (Lipinski definition) is 5. The molecule has 0 fully saturated rings. The standard InChI is InChI=1S/C16H11FN2O3/c1-8-5-12(20)14-13(9-3-2-4-10(17)6-9)11(7-18)15(19)22-16(14)21-8/h2-6,13H,19H2,1H3/t13-/m1/s1. The van der Waals surface area contributed by atoms with E-state index < -0.39 is 11.7 Å². The van der Waals surface area contributed by atoms with Crippen LogP contribution in [0.1, 0.15) is 22.8 Å². The lowest BCUT2D eigenvalue weighted by atomic mass is 9.84. The van der Waals surface area contributed by atoms with Crippen molar-refractivity contribution in [2.75, 3.05) is 0 Å². The molecule has 1 aliphatic rings. The van der Waals surface area contributed by atoms with Gasteiger partial charge in [0.15, 0.2) is 5.43 Å². The Hall–Kier alpha value is -3.07. The van der Waals surface area contributed by atoms with E-state index in [1.807, 2.05) is 6.07 Å². The molecule has 2 N–H and O–H groups in total. The maximum absolute atomic E-state index is 13.5. The zero-order valence-electron chi connectivity index (χ0n) is 11.6. The van der Waals surface area contributed by atoms with Crippen LogP contribution < -0.4 is 15.9 Å². The van der Waals surface area contributed by atoms with Crippen molar-refractivity contribution in [3.63, 3.8) is 0 Å². The highest BCUT2D eigenvalue weighted by Crippen LogP contribution is 2.40. The molecule has 1 atom stereocenters. The second kappa shape index (κ2) is 5.04. The Bertz CT molecular complexity index is 893. The minimum Gasteiger partial charge on any atom is -0.430 e. The SMILES string of the molecule is Cc1cc(=O)c2c(o1)OC(N)=C(C#N)[C@H]2c1cccc(F)c1. The van der Waals surface area contributed by atoms with E-state index in [2.05, 4.69) is 0 Å². The van der Waals surface area contributed by atoms with E-state index in [1.54, 1.807) is 13.0 Å². The number of ether oxygens (including phenoxy) is 1. The lowest BCUT2D eigenvalue weighted by Crippen LogP contribution is -2.26. The summed E-state index contributed by atoms with van der Waals surface area (Å²) in [6, 6.07) is 8.88. The van der Waals surface area contributed by atoms with Gasteiger partial charge in [-0.05, 0) is 24.6 Å². The summed E-state index contributed by atoms with van der Waals surface area (Å²) in [5, 5.41) is 9.34. The lowest BCUT2D eigenvalue weighted by Gasteiger charge is -2.24. The largest absolute Gasteiger partial charge is 0.430 e. The molecule has 0 unspecified atom stereocenters. The Morgan fingerprint density at radius 3 is 2.82 bits per heavy atom. The predicted octanol–water partition coefficient (Wildman–Crippen LogP) is 2.31. The number of hydrogen-bond donors (Lipinski definition) is 1. The summed E-state index contributed by atoms with van der Waals surface area (Å²) < 4.78 is 24.2. The van der Waals surface area contributed by atoms with E-state index in [0.717, 1.165) is 0 Å². The second-order valence-corrected chi connectivity index (χ2v) is 4.90. The summed E-state index contributed by atoms with van der Waals surface area (Å²) in [5.74, 6) is -1.15. The van der Waals surface area contributed by atoms with Crippen LogP contribution in [0.2, 0.25) is 0 Å². The molecule has 0 bridgehead atoms. The van der Waals surface area contributed by atoms with Crippen molar-refractivity contribution < 1.29 is 13.5 Å². The van der Waals surface area contributed by atoms with Gasteiger partial charge in [-0.2, -0.15) is 5.26 Å². The van der Waals surface area contributed by atoms with Crippen LogP contribution in [0.5, 0.6) is 5.95 Å². The van der Waals surface area contributed by atoms with Crippen LogP contribution in [-0.4, -0.2) is 0 Å². The van der Waals surface area contributed by atoms with Crippen molar-refractivity contribution in [2.45, 2.75) is 12.8 Å². The molecule has 5 nitrogen and oxygen atoms in total. The van der Waals surface area contributed by atoms with Gasteiger partial charge in [0.25, 0.3) is 5.95 Å². The normalized spacial score (nSPS) is 16.7. The van der Waals surface area contributed by atoms with Crippen molar-refractivity contribution in [1.29, 1.82) is 5.26 Å². The Morgan fingerprint density at radius 1 is 1.36 bits per heavy atom. The van der Waals surface area contributed by atoms with Gasteiger partial charge in [0, 0.05) is 6.07 Å². The molecule has 2 aromatic rings. The molecule has 0 aliphatic carbocycles. The monoisotopic (exact) mass is 298 g/mol. The minimum absolute atomic E-state index is 0.0502. The van der Waals surface area contributed by atoms with Gasteiger partial charge in [-0.3, -0.25) is 4.79 Å². The number of aryl methyl sites for hydroxylation is 1. The van der Waals surface area contributed by atoms with Crippen LogP contribution in [0.25, 0.3) is 0 Å². The van der Waals surface area contributed by atoms with E-state index in [1.165, 1.54) is 24.3 Å². The van der Waals surface area contributed by atoms with Crippen molar-refractivity contribution in [1.82, 2.24) is 0 Å². The van der Waals surface area contributed by atoms with E-state index in [4.69, 9.17) is 14.9 Å². The predicted molar refractivity (Wildman–Crippen MR) is 75.4 cm³/mol. The summed E-state index contributed by atoms with van der Waals surface area (Å²) in [7, 11) is 0. The fourth-order valence-corrected chi connectivity index (χ4v) is 2.51. The number of rotatable bonds is 1. The quantitative estimate of drug-likeness (QED) is 0.872. The highest BCUT2D eigenvalue weighted by molar-refractivity contribution is 5.52. The highest BCUT2D eigenvalue weighted by Gasteiger charge is 2.34. The van der Waals surface area contributed by atoms with Gasteiger partial charge in [-0.15, -0.1) is 0 Å². The minimum atomic E-state index is -0.818. The molecule has 1 aliphatic heterocycles. The van der Waals surface area contributed by atoms with E-state index >= 15 is 0 Å². The molecule has 0 spiro atoms. The number of benzene rings is 1. The molecule has 0 saturated carbocycles. The zero-order chi connectivity index (χ0) is 15.9. The highest BCUT2D eigenvalue weighted by atomic mass is 19.1. The van der Waals surface area contributed by atoms with Crippen molar-refractivity contribution >= 4 is 0 Å². The Kier molecular flexibility index (Phi) is 3.18.